The first-order valence-electron chi connectivity index (χ1n) is 10.1. The van der Waals surface area contributed by atoms with Gasteiger partial charge in [0, 0.05) is 44.2 Å². The van der Waals surface area contributed by atoms with Gasteiger partial charge in [-0.1, -0.05) is 24.3 Å². The molecule has 3 heterocycles. The zero-order valence-electron chi connectivity index (χ0n) is 16.1. The van der Waals surface area contributed by atoms with Gasteiger partial charge in [0.1, 0.15) is 0 Å². The van der Waals surface area contributed by atoms with E-state index < -0.39 is 6.10 Å². The molecule has 150 valence electrons. The van der Waals surface area contributed by atoms with Crippen molar-refractivity contribution in [3.63, 3.8) is 0 Å². The van der Waals surface area contributed by atoms with E-state index in [1.807, 2.05) is 6.07 Å². The number of aliphatic hydroxyl groups excluding tert-OH is 1. The Labute approximate surface area is 169 Å². The van der Waals surface area contributed by atoms with Gasteiger partial charge in [0.05, 0.1) is 23.0 Å². The van der Waals surface area contributed by atoms with E-state index in [0.29, 0.717) is 17.8 Å². The quantitative estimate of drug-likeness (QED) is 0.713. The number of fused-ring (bicyclic) bond motifs is 4. The van der Waals surface area contributed by atoms with E-state index in [4.69, 9.17) is 0 Å². The van der Waals surface area contributed by atoms with E-state index in [2.05, 4.69) is 38.7 Å². The fourth-order valence-corrected chi connectivity index (χ4v) is 4.39. The second kappa shape index (κ2) is 7.24. The summed E-state index contributed by atoms with van der Waals surface area (Å²) in [5, 5.41) is 16.0. The highest BCUT2D eigenvalue weighted by atomic mass is 16.3. The number of benzene rings is 1. The van der Waals surface area contributed by atoms with E-state index in [1.165, 1.54) is 11.1 Å². The molecular formula is C22H24N4O3. The first-order valence-corrected chi connectivity index (χ1v) is 10.1. The number of rotatable bonds is 5. The van der Waals surface area contributed by atoms with E-state index in [9.17, 15) is 14.7 Å². The molecule has 1 saturated carbocycles. The number of pyridine rings is 1. The predicted molar refractivity (Wildman–Crippen MR) is 107 cm³/mol. The monoisotopic (exact) mass is 392 g/mol. The number of amides is 2. The summed E-state index contributed by atoms with van der Waals surface area (Å²) in [5.41, 5.74) is 4.57. The normalized spacial score (nSPS) is 23.3. The van der Waals surface area contributed by atoms with Crippen molar-refractivity contribution in [3.05, 3.63) is 58.9 Å². The molecule has 2 aliphatic heterocycles. The highest BCUT2D eigenvalue weighted by Crippen LogP contribution is 2.52. The van der Waals surface area contributed by atoms with Crippen molar-refractivity contribution in [2.45, 2.75) is 31.4 Å². The summed E-state index contributed by atoms with van der Waals surface area (Å²) in [6, 6.07) is 10.1. The van der Waals surface area contributed by atoms with Crippen LogP contribution in [0.5, 0.6) is 0 Å². The van der Waals surface area contributed by atoms with Crippen molar-refractivity contribution in [1.29, 1.82) is 0 Å². The van der Waals surface area contributed by atoms with Gasteiger partial charge in [0.2, 0.25) is 5.91 Å². The molecule has 2 aromatic rings. The molecule has 1 unspecified atom stereocenters. The molecule has 1 aliphatic carbocycles. The van der Waals surface area contributed by atoms with E-state index in [0.717, 1.165) is 31.6 Å². The third-order valence-corrected chi connectivity index (χ3v) is 6.09. The Morgan fingerprint density at radius 3 is 3.00 bits per heavy atom. The Morgan fingerprint density at radius 1 is 1.31 bits per heavy atom. The molecule has 1 aromatic carbocycles. The maximum absolute atomic E-state index is 12.5. The Bertz CT molecular complexity index is 976. The Kier molecular flexibility index (Phi) is 4.56. The minimum absolute atomic E-state index is 0.0142. The highest BCUT2D eigenvalue weighted by molar-refractivity contribution is 6.01. The van der Waals surface area contributed by atoms with Crippen LogP contribution in [0.4, 0.5) is 5.69 Å². The first-order chi connectivity index (χ1) is 14.1. The number of nitrogens with one attached hydrogen (secondary N) is 2. The van der Waals surface area contributed by atoms with Gasteiger partial charge < -0.3 is 15.7 Å². The van der Waals surface area contributed by atoms with E-state index in [-0.39, 0.29) is 30.2 Å². The summed E-state index contributed by atoms with van der Waals surface area (Å²) in [5.74, 6) is -0.0326. The number of hydrogen-bond donors (Lipinski definition) is 3. The molecule has 29 heavy (non-hydrogen) atoms. The first kappa shape index (κ1) is 18.3. The van der Waals surface area contributed by atoms with Crippen molar-refractivity contribution in [1.82, 2.24) is 15.2 Å². The van der Waals surface area contributed by atoms with Crippen LogP contribution in [0, 0.1) is 5.92 Å². The minimum atomic E-state index is -0.651. The Morgan fingerprint density at radius 2 is 2.14 bits per heavy atom. The Hall–Kier alpha value is -2.77. The summed E-state index contributed by atoms with van der Waals surface area (Å²) in [6.07, 6.45) is 2.71. The number of carbonyl (C=O) groups excluding carboxylic acids is 2. The highest BCUT2D eigenvalue weighted by Gasteiger charge is 2.49. The summed E-state index contributed by atoms with van der Waals surface area (Å²) in [6.45, 7) is 2.40. The van der Waals surface area contributed by atoms with Crippen molar-refractivity contribution >= 4 is 17.5 Å². The van der Waals surface area contributed by atoms with Crippen LogP contribution >= 0.6 is 0 Å². The van der Waals surface area contributed by atoms with Crippen molar-refractivity contribution in [3.8, 4) is 0 Å². The smallest absolute Gasteiger partial charge is 0.253 e. The van der Waals surface area contributed by atoms with Crippen LogP contribution < -0.4 is 10.6 Å². The van der Waals surface area contributed by atoms with Gasteiger partial charge >= 0.3 is 0 Å². The lowest BCUT2D eigenvalue weighted by Crippen LogP contribution is -2.42. The summed E-state index contributed by atoms with van der Waals surface area (Å²) in [7, 11) is 0. The van der Waals surface area contributed by atoms with Gasteiger partial charge in [-0.15, -0.1) is 0 Å². The molecule has 3 N–H and O–H groups in total. The standard InChI is InChI=1S/C22H24N4O3/c27-16(12-26-6-5-13-3-1-2-4-14(13)11-26)10-24-21(28)15-7-19-20(23-9-15)17-8-18(17)22(29)25-19/h1-4,7,9,16-18,27H,5-6,8,10-12H2,(H,24,28)(H,25,29)/t16-,17+,18?/m0/s1. The van der Waals surface area contributed by atoms with Crippen LogP contribution in [0.15, 0.2) is 36.5 Å². The molecule has 0 radical (unpaired) electrons. The number of anilines is 1. The van der Waals surface area contributed by atoms with Crippen LogP contribution in [0.2, 0.25) is 0 Å². The van der Waals surface area contributed by atoms with Gasteiger partial charge in [0.15, 0.2) is 0 Å². The maximum atomic E-state index is 12.5. The van der Waals surface area contributed by atoms with Crippen LogP contribution in [0.25, 0.3) is 0 Å². The lowest BCUT2D eigenvalue weighted by Gasteiger charge is -2.30. The van der Waals surface area contributed by atoms with E-state index >= 15 is 0 Å². The molecule has 7 heteroatoms. The molecule has 0 spiro atoms. The lowest BCUT2D eigenvalue weighted by molar-refractivity contribution is -0.117. The minimum Gasteiger partial charge on any atom is -0.390 e. The Balaban J connectivity index is 1.15. The van der Waals surface area contributed by atoms with Gasteiger partial charge in [-0.25, -0.2) is 0 Å². The lowest BCUT2D eigenvalue weighted by atomic mass is 10.00. The largest absolute Gasteiger partial charge is 0.390 e. The third kappa shape index (κ3) is 3.63. The molecule has 5 rings (SSSR count). The molecule has 1 aromatic heterocycles. The van der Waals surface area contributed by atoms with Crippen LogP contribution in [-0.2, 0) is 17.8 Å². The molecule has 3 aliphatic rings. The van der Waals surface area contributed by atoms with Crippen LogP contribution in [0.1, 0.15) is 39.5 Å². The SMILES string of the molecule is O=C(NC[C@H](O)CN1CCc2ccccc2C1)c1cnc2c(c1)NC(=O)C1C[C@@H]21. The molecule has 3 atom stereocenters. The zero-order valence-corrected chi connectivity index (χ0v) is 16.1. The van der Waals surface area contributed by atoms with Gasteiger partial charge in [-0.3, -0.25) is 19.5 Å². The van der Waals surface area contributed by atoms with Crippen molar-refractivity contribution < 1.29 is 14.7 Å². The summed E-state index contributed by atoms with van der Waals surface area (Å²) in [4.78, 5) is 31.0. The number of aliphatic hydroxyl groups is 1. The zero-order chi connectivity index (χ0) is 20.0. The molecule has 7 nitrogen and oxygen atoms in total. The molecule has 2 amide bonds. The second-order valence-corrected chi connectivity index (χ2v) is 8.21. The number of hydrogen-bond acceptors (Lipinski definition) is 5. The average Bonchev–Trinajstić information content (AvgIpc) is 3.53. The molecule has 0 saturated heterocycles. The fraction of sp³-hybridized carbons (Fsp3) is 0.409. The molecular weight excluding hydrogens is 368 g/mol. The molecule has 1 fully saturated rings. The predicted octanol–water partition coefficient (Wildman–Crippen LogP) is 1.29. The maximum Gasteiger partial charge on any atom is 0.253 e. The van der Waals surface area contributed by atoms with Gasteiger partial charge in [0.25, 0.3) is 5.91 Å². The summed E-state index contributed by atoms with van der Waals surface area (Å²) < 4.78 is 0. The third-order valence-electron chi connectivity index (χ3n) is 6.09. The topological polar surface area (TPSA) is 94.6 Å². The van der Waals surface area contributed by atoms with E-state index in [1.54, 1.807) is 12.3 Å². The van der Waals surface area contributed by atoms with Crippen LogP contribution in [-0.4, -0.2) is 52.5 Å². The number of aromatic nitrogens is 1. The average molecular weight is 392 g/mol. The molecule has 0 bridgehead atoms. The van der Waals surface area contributed by atoms with Crippen molar-refractivity contribution in [2.24, 2.45) is 5.92 Å². The number of carbonyl (C=O) groups is 2. The van der Waals surface area contributed by atoms with Crippen molar-refractivity contribution in [2.75, 3.05) is 25.0 Å². The number of β-amino-alcohol motifs (C(OH)–C–C–N with tert-alkyl or cyclic N) is 1. The fourth-order valence-electron chi connectivity index (χ4n) is 4.39. The van der Waals surface area contributed by atoms with Gasteiger partial charge in [-0.2, -0.15) is 0 Å². The number of nitrogens with zero attached hydrogens (tertiary/aromatic N) is 2. The van der Waals surface area contributed by atoms with Gasteiger partial charge in [-0.05, 0) is 30.0 Å². The van der Waals surface area contributed by atoms with Crippen LogP contribution in [0.3, 0.4) is 0 Å². The summed E-state index contributed by atoms with van der Waals surface area (Å²) >= 11 is 0. The second-order valence-electron chi connectivity index (χ2n) is 8.21.